The first kappa shape index (κ1) is 29.8. The molecule has 0 atom stereocenters. The summed E-state index contributed by atoms with van der Waals surface area (Å²) in [5.74, 6) is -4.40. The second kappa shape index (κ2) is 13.9. The summed E-state index contributed by atoms with van der Waals surface area (Å²) in [7, 11) is 0. The molecule has 0 radical (unpaired) electrons. The summed E-state index contributed by atoms with van der Waals surface area (Å²) in [6.45, 7) is 3.27. The standard InChI is InChI=1S/C23H28N2O.C6H8O7/c26-23(20-11-12-20)25(21-9-5-2-6-10-21)22-14-17-24(18-15-22)16-13-19-7-3-1-4-8-19;7-3(8)1-6(13,5(11)12)2-4(9)10/h1-10,20,22H,11-18H2;13H,1-2H2,(H,7,8)(H,9,10)(H,11,12). The monoisotopic (exact) mass is 540 g/mol. The van der Waals surface area contributed by atoms with Gasteiger partial charge >= 0.3 is 17.9 Å². The molecule has 1 aliphatic carbocycles. The van der Waals surface area contributed by atoms with Crippen LogP contribution in [0.25, 0.3) is 0 Å². The van der Waals surface area contributed by atoms with Gasteiger partial charge in [0.05, 0.1) is 12.8 Å². The van der Waals surface area contributed by atoms with E-state index in [-0.39, 0.29) is 5.92 Å². The lowest BCUT2D eigenvalue weighted by molar-refractivity contribution is -0.170. The number of piperidine rings is 1. The zero-order valence-corrected chi connectivity index (χ0v) is 21.8. The van der Waals surface area contributed by atoms with Gasteiger partial charge in [0.2, 0.25) is 5.91 Å². The third-order valence-electron chi connectivity index (χ3n) is 6.97. The lowest BCUT2D eigenvalue weighted by Crippen LogP contribution is -2.48. The van der Waals surface area contributed by atoms with Crippen LogP contribution in [0.4, 0.5) is 5.69 Å². The van der Waals surface area contributed by atoms with E-state index in [9.17, 15) is 19.2 Å². The Morgan fingerprint density at radius 2 is 1.31 bits per heavy atom. The molecule has 2 aromatic rings. The number of benzene rings is 2. The molecule has 1 saturated carbocycles. The van der Waals surface area contributed by atoms with Crippen LogP contribution in [0.5, 0.6) is 0 Å². The summed E-state index contributed by atoms with van der Waals surface area (Å²) in [6.07, 6.45) is 3.10. The van der Waals surface area contributed by atoms with Crippen LogP contribution in [0.3, 0.4) is 0 Å². The predicted octanol–water partition coefficient (Wildman–Crippen LogP) is 2.89. The molecule has 1 amide bonds. The molecule has 39 heavy (non-hydrogen) atoms. The number of para-hydroxylation sites is 1. The van der Waals surface area contributed by atoms with E-state index in [4.69, 9.17) is 20.4 Å². The number of hydrogen-bond donors (Lipinski definition) is 4. The zero-order valence-electron chi connectivity index (χ0n) is 21.8. The first-order valence-electron chi connectivity index (χ1n) is 13.1. The van der Waals surface area contributed by atoms with E-state index in [1.54, 1.807) is 0 Å². The van der Waals surface area contributed by atoms with Crippen molar-refractivity contribution in [2.45, 2.75) is 56.6 Å². The van der Waals surface area contributed by atoms with Crippen molar-refractivity contribution >= 4 is 29.5 Å². The molecule has 10 nitrogen and oxygen atoms in total. The van der Waals surface area contributed by atoms with E-state index in [1.165, 1.54) is 5.56 Å². The number of amides is 1. The Labute approximate surface area is 227 Å². The SMILES string of the molecule is O=C(C1CC1)N(c1ccccc1)C1CCN(CCc2ccccc2)CC1.O=C(O)CC(O)(CC(=O)O)C(=O)O. The average Bonchev–Trinajstić information content (AvgIpc) is 3.75. The summed E-state index contributed by atoms with van der Waals surface area (Å²) >= 11 is 0. The van der Waals surface area contributed by atoms with Gasteiger partial charge in [-0.15, -0.1) is 0 Å². The number of carboxylic acid groups (broad SMARTS) is 3. The topological polar surface area (TPSA) is 156 Å². The fourth-order valence-corrected chi connectivity index (χ4v) is 4.68. The van der Waals surface area contributed by atoms with Crippen LogP contribution < -0.4 is 4.90 Å². The predicted molar refractivity (Wildman–Crippen MR) is 143 cm³/mol. The summed E-state index contributed by atoms with van der Waals surface area (Å²) in [5, 5.41) is 33.8. The Morgan fingerprint density at radius 1 is 0.795 bits per heavy atom. The highest BCUT2D eigenvalue weighted by atomic mass is 16.4. The fourth-order valence-electron chi connectivity index (χ4n) is 4.68. The van der Waals surface area contributed by atoms with Gasteiger partial charge in [-0.3, -0.25) is 14.4 Å². The highest BCUT2D eigenvalue weighted by Crippen LogP contribution is 2.35. The van der Waals surface area contributed by atoms with Gasteiger partial charge in [-0.1, -0.05) is 48.5 Å². The van der Waals surface area contributed by atoms with Crippen LogP contribution in [0.2, 0.25) is 0 Å². The molecular formula is C29H36N2O8. The molecule has 10 heteroatoms. The maximum absolute atomic E-state index is 12.9. The molecule has 210 valence electrons. The first-order valence-corrected chi connectivity index (χ1v) is 13.1. The van der Waals surface area contributed by atoms with E-state index < -0.39 is 36.4 Å². The van der Waals surface area contributed by atoms with Crippen LogP contribution >= 0.6 is 0 Å². The van der Waals surface area contributed by atoms with Gasteiger partial charge in [0.25, 0.3) is 0 Å². The summed E-state index contributed by atoms with van der Waals surface area (Å²) in [6, 6.07) is 21.3. The van der Waals surface area contributed by atoms with Crippen molar-refractivity contribution in [3.05, 3.63) is 66.2 Å². The second-order valence-corrected chi connectivity index (χ2v) is 10.1. The highest BCUT2D eigenvalue weighted by Gasteiger charge is 2.41. The van der Waals surface area contributed by atoms with Crippen molar-refractivity contribution in [3.8, 4) is 0 Å². The van der Waals surface area contributed by atoms with E-state index >= 15 is 0 Å². The lowest BCUT2D eigenvalue weighted by atomic mass is 9.96. The Morgan fingerprint density at radius 3 is 1.77 bits per heavy atom. The van der Waals surface area contributed by atoms with Gasteiger partial charge in [-0.25, -0.2) is 4.79 Å². The number of carbonyl (C=O) groups is 4. The summed E-state index contributed by atoms with van der Waals surface area (Å²) < 4.78 is 0. The normalized spacial score (nSPS) is 16.0. The Hall–Kier alpha value is -3.76. The van der Waals surface area contributed by atoms with Gasteiger partial charge in [0, 0.05) is 37.3 Å². The van der Waals surface area contributed by atoms with E-state index in [0.29, 0.717) is 11.9 Å². The van der Waals surface area contributed by atoms with Gasteiger partial charge in [-0.05, 0) is 49.8 Å². The van der Waals surface area contributed by atoms with E-state index in [2.05, 4.69) is 52.3 Å². The van der Waals surface area contributed by atoms with E-state index in [1.807, 2.05) is 18.2 Å². The molecule has 0 spiro atoms. The number of carboxylic acids is 3. The quantitative estimate of drug-likeness (QED) is 0.337. The minimum Gasteiger partial charge on any atom is -0.481 e. The molecule has 2 aromatic carbocycles. The molecule has 0 bridgehead atoms. The molecule has 1 heterocycles. The summed E-state index contributed by atoms with van der Waals surface area (Å²) in [5.41, 5.74) is -0.255. The molecular weight excluding hydrogens is 504 g/mol. The maximum atomic E-state index is 12.9. The molecule has 2 aliphatic rings. The van der Waals surface area contributed by atoms with Gasteiger partial charge in [0.15, 0.2) is 5.60 Å². The van der Waals surface area contributed by atoms with Crippen molar-refractivity contribution < 1.29 is 39.6 Å². The third kappa shape index (κ3) is 9.19. The molecule has 0 unspecified atom stereocenters. The molecule has 1 saturated heterocycles. The smallest absolute Gasteiger partial charge is 0.336 e. The van der Waals surface area contributed by atoms with Crippen molar-refractivity contribution in [2.75, 3.05) is 24.5 Å². The molecule has 4 rings (SSSR count). The number of aliphatic carboxylic acids is 3. The largest absolute Gasteiger partial charge is 0.481 e. The first-order chi connectivity index (χ1) is 18.6. The number of nitrogens with zero attached hydrogens (tertiary/aromatic N) is 2. The van der Waals surface area contributed by atoms with Crippen molar-refractivity contribution in [1.82, 2.24) is 4.90 Å². The minimum absolute atomic E-state index is 0.270. The number of rotatable bonds is 11. The Balaban J connectivity index is 0.000000276. The average molecular weight is 541 g/mol. The fraction of sp³-hybridized carbons (Fsp3) is 0.448. The lowest BCUT2D eigenvalue weighted by Gasteiger charge is -2.38. The van der Waals surface area contributed by atoms with E-state index in [0.717, 1.165) is 57.4 Å². The highest BCUT2D eigenvalue weighted by molar-refractivity contribution is 5.97. The molecule has 4 N–H and O–H groups in total. The Kier molecular flexibility index (Phi) is 10.6. The van der Waals surface area contributed by atoms with Crippen LogP contribution in [-0.4, -0.2) is 80.4 Å². The van der Waals surface area contributed by atoms with Crippen LogP contribution in [0.15, 0.2) is 60.7 Å². The number of hydrogen-bond acceptors (Lipinski definition) is 6. The van der Waals surface area contributed by atoms with Crippen molar-refractivity contribution in [1.29, 1.82) is 0 Å². The number of carbonyl (C=O) groups excluding carboxylic acids is 1. The number of anilines is 1. The van der Waals surface area contributed by atoms with Crippen LogP contribution in [-0.2, 0) is 25.6 Å². The molecule has 2 fully saturated rings. The second-order valence-electron chi connectivity index (χ2n) is 10.1. The van der Waals surface area contributed by atoms with Gasteiger partial charge in [0.1, 0.15) is 0 Å². The summed E-state index contributed by atoms with van der Waals surface area (Å²) in [4.78, 5) is 48.1. The van der Waals surface area contributed by atoms with Crippen molar-refractivity contribution in [3.63, 3.8) is 0 Å². The van der Waals surface area contributed by atoms with Crippen LogP contribution in [0, 0.1) is 5.92 Å². The molecule has 0 aromatic heterocycles. The minimum atomic E-state index is -2.74. The van der Waals surface area contributed by atoms with Crippen molar-refractivity contribution in [2.24, 2.45) is 5.92 Å². The third-order valence-corrected chi connectivity index (χ3v) is 6.97. The van der Waals surface area contributed by atoms with Gasteiger partial charge in [-0.2, -0.15) is 0 Å². The Bertz CT molecular complexity index is 1100. The molecule has 1 aliphatic heterocycles. The van der Waals surface area contributed by atoms with Crippen LogP contribution in [0.1, 0.15) is 44.1 Å². The van der Waals surface area contributed by atoms with Gasteiger partial charge < -0.3 is 30.2 Å². The number of aliphatic hydroxyl groups is 1. The number of likely N-dealkylation sites (tertiary alicyclic amines) is 1. The maximum Gasteiger partial charge on any atom is 0.336 e. The zero-order chi connectivity index (χ0) is 28.4.